The molecule has 5 heteroatoms. The zero-order valence-electron chi connectivity index (χ0n) is 5.17. The molecule has 0 radical (unpaired) electrons. The normalized spacial score (nSPS) is 10.0. The molecule has 0 saturated carbocycles. The van der Waals surface area contributed by atoms with Gasteiger partial charge in [0.1, 0.15) is 0 Å². The molecular weight excluding hydrogens is 374 g/mol. The van der Waals surface area contributed by atoms with Crippen LogP contribution in [0.25, 0.3) is 0 Å². The molecule has 60 valence electrons. The van der Waals surface area contributed by atoms with Crippen LogP contribution in [0.4, 0.5) is 0 Å². The van der Waals surface area contributed by atoms with Crippen molar-refractivity contribution in [1.82, 2.24) is 0 Å². The third kappa shape index (κ3) is 1.63. The molecule has 0 aliphatic rings. The number of hydrogen-bond donors (Lipinski definition) is 3. The minimum absolute atomic E-state index is 0.275. The van der Waals surface area contributed by atoms with E-state index in [1.807, 2.05) is 45.2 Å². The Kier molecular flexibility index (Phi) is 2.68. The van der Waals surface area contributed by atoms with Gasteiger partial charge < -0.3 is 15.3 Å². The number of aromatic hydroxyl groups is 3. The van der Waals surface area contributed by atoms with Crippen molar-refractivity contribution in [3.63, 3.8) is 0 Å². The lowest BCUT2D eigenvalue weighted by molar-refractivity contribution is 0.364. The summed E-state index contributed by atoms with van der Waals surface area (Å²) < 4.78 is 1.03. The first-order valence-electron chi connectivity index (χ1n) is 2.63. The lowest BCUT2D eigenvalue weighted by atomic mass is 10.3. The van der Waals surface area contributed by atoms with Crippen LogP contribution >= 0.6 is 45.2 Å². The summed E-state index contributed by atoms with van der Waals surface area (Å²) in [5.41, 5.74) is 0. The molecule has 1 aromatic carbocycles. The maximum atomic E-state index is 9.09. The summed E-state index contributed by atoms with van der Waals surface area (Å²) in [4.78, 5) is 0. The van der Waals surface area contributed by atoms with Crippen LogP contribution in [0.5, 0.6) is 17.2 Å². The average Bonchev–Trinajstić information content (AvgIpc) is 1.97. The van der Waals surface area contributed by atoms with Gasteiger partial charge in [-0.2, -0.15) is 0 Å². The minimum atomic E-state index is -0.457. The van der Waals surface area contributed by atoms with Crippen LogP contribution in [-0.4, -0.2) is 15.3 Å². The highest BCUT2D eigenvalue weighted by Gasteiger charge is 2.12. The molecule has 0 unspecified atom stereocenters. The summed E-state index contributed by atoms with van der Waals surface area (Å²) in [7, 11) is 0. The third-order valence-electron chi connectivity index (χ3n) is 1.15. The van der Waals surface area contributed by atoms with Gasteiger partial charge >= 0.3 is 0 Å². The molecule has 0 amide bonds. The molecule has 0 heterocycles. The van der Waals surface area contributed by atoms with E-state index >= 15 is 0 Å². The first-order chi connectivity index (χ1) is 5.04. The zero-order chi connectivity index (χ0) is 8.59. The van der Waals surface area contributed by atoms with E-state index in [0.29, 0.717) is 7.14 Å². The van der Waals surface area contributed by atoms with Gasteiger partial charge in [0.05, 0.1) is 7.14 Å². The van der Waals surface area contributed by atoms with Gasteiger partial charge in [0.15, 0.2) is 11.5 Å². The Morgan fingerprint density at radius 1 is 0.818 bits per heavy atom. The van der Waals surface area contributed by atoms with Crippen LogP contribution in [-0.2, 0) is 0 Å². The monoisotopic (exact) mass is 378 g/mol. The summed E-state index contributed by atoms with van der Waals surface area (Å²) in [6.07, 6.45) is 0. The maximum absolute atomic E-state index is 9.09. The fraction of sp³-hybridized carbons (Fsp3) is 0. The van der Waals surface area contributed by atoms with Crippen LogP contribution in [0.1, 0.15) is 0 Å². The van der Waals surface area contributed by atoms with Crippen molar-refractivity contribution in [2.24, 2.45) is 0 Å². The van der Waals surface area contributed by atoms with Crippen molar-refractivity contribution < 1.29 is 15.3 Å². The second-order valence-corrected chi connectivity index (χ2v) is 4.21. The fourth-order valence-electron chi connectivity index (χ4n) is 0.586. The number of halogens is 2. The van der Waals surface area contributed by atoms with Gasteiger partial charge in [-0.1, -0.05) is 0 Å². The third-order valence-corrected chi connectivity index (χ3v) is 2.80. The van der Waals surface area contributed by atoms with Gasteiger partial charge in [-0.25, -0.2) is 0 Å². The summed E-state index contributed by atoms with van der Waals surface area (Å²) in [5, 5.41) is 27.2. The molecule has 0 aliphatic heterocycles. The fourth-order valence-corrected chi connectivity index (χ4v) is 2.32. The molecule has 11 heavy (non-hydrogen) atoms. The Morgan fingerprint density at radius 2 is 1.18 bits per heavy atom. The van der Waals surface area contributed by atoms with Gasteiger partial charge in [-0.15, -0.1) is 0 Å². The van der Waals surface area contributed by atoms with E-state index in [1.54, 1.807) is 6.07 Å². The number of phenolic OH excluding ortho intramolecular Hbond substituents is 3. The van der Waals surface area contributed by atoms with Crippen LogP contribution < -0.4 is 0 Å². The van der Waals surface area contributed by atoms with Gasteiger partial charge in [-0.3, -0.25) is 0 Å². The summed E-state index contributed by atoms with van der Waals surface area (Å²) >= 11 is 3.73. The van der Waals surface area contributed by atoms with E-state index in [4.69, 9.17) is 15.3 Å². The van der Waals surface area contributed by atoms with Crippen LogP contribution in [0, 0.1) is 7.14 Å². The molecule has 0 atom stereocenters. The second kappa shape index (κ2) is 3.21. The van der Waals surface area contributed by atoms with Gasteiger partial charge in [-0.05, 0) is 51.2 Å². The Labute approximate surface area is 90.3 Å². The lowest BCUT2D eigenvalue weighted by Crippen LogP contribution is -1.80. The van der Waals surface area contributed by atoms with E-state index in [0.717, 1.165) is 0 Å². The first kappa shape index (κ1) is 9.17. The van der Waals surface area contributed by atoms with Crippen LogP contribution in [0.15, 0.2) is 6.07 Å². The number of rotatable bonds is 0. The summed E-state index contributed by atoms with van der Waals surface area (Å²) in [5.74, 6) is -1.01. The average molecular weight is 378 g/mol. The van der Waals surface area contributed by atoms with Crippen molar-refractivity contribution in [2.45, 2.75) is 0 Å². The first-order valence-corrected chi connectivity index (χ1v) is 4.78. The molecule has 0 spiro atoms. The highest BCUT2D eigenvalue weighted by molar-refractivity contribution is 14.1. The van der Waals surface area contributed by atoms with Crippen molar-refractivity contribution in [1.29, 1.82) is 0 Å². The van der Waals surface area contributed by atoms with E-state index in [1.165, 1.54) is 0 Å². The lowest BCUT2D eigenvalue weighted by Gasteiger charge is -2.03. The Hall–Kier alpha value is 0.0800. The highest BCUT2D eigenvalue weighted by Crippen LogP contribution is 2.40. The van der Waals surface area contributed by atoms with Crippen molar-refractivity contribution in [3.8, 4) is 17.2 Å². The molecule has 3 N–H and O–H groups in total. The smallest absolute Gasteiger partial charge is 0.202 e. The van der Waals surface area contributed by atoms with Crippen molar-refractivity contribution in [2.75, 3.05) is 0 Å². The maximum Gasteiger partial charge on any atom is 0.202 e. The molecule has 0 aliphatic carbocycles. The SMILES string of the molecule is Oc1c(I)cc(I)c(O)c1O. The number of hydrogen-bond acceptors (Lipinski definition) is 3. The molecule has 0 saturated heterocycles. The van der Waals surface area contributed by atoms with Gasteiger partial charge in [0, 0.05) is 0 Å². The summed E-state index contributed by atoms with van der Waals surface area (Å²) in [6.45, 7) is 0. The quantitative estimate of drug-likeness (QED) is 0.479. The van der Waals surface area contributed by atoms with E-state index in [-0.39, 0.29) is 11.5 Å². The van der Waals surface area contributed by atoms with Crippen LogP contribution in [0.3, 0.4) is 0 Å². The van der Waals surface area contributed by atoms with Gasteiger partial charge in [0.25, 0.3) is 0 Å². The standard InChI is InChI=1S/C6H4I2O3/c7-2-1-3(8)5(10)6(11)4(2)9/h1,9-11H. The highest BCUT2D eigenvalue weighted by atomic mass is 127. The number of phenols is 3. The molecule has 0 fully saturated rings. The minimum Gasteiger partial charge on any atom is -0.503 e. The van der Waals surface area contributed by atoms with Gasteiger partial charge in [0.2, 0.25) is 5.75 Å². The second-order valence-electron chi connectivity index (χ2n) is 1.89. The Morgan fingerprint density at radius 3 is 1.55 bits per heavy atom. The number of benzene rings is 1. The predicted molar refractivity (Wildman–Crippen MR) is 56.9 cm³/mol. The summed E-state index contributed by atoms with van der Waals surface area (Å²) in [6, 6.07) is 1.57. The Balaban J connectivity index is 3.46. The molecule has 1 rings (SSSR count). The van der Waals surface area contributed by atoms with Crippen LogP contribution in [0.2, 0.25) is 0 Å². The van der Waals surface area contributed by atoms with E-state index < -0.39 is 5.75 Å². The molecule has 1 aromatic rings. The van der Waals surface area contributed by atoms with Crippen molar-refractivity contribution >= 4 is 45.2 Å². The molecule has 0 bridgehead atoms. The predicted octanol–water partition coefficient (Wildman–Crippen LogP) is 2.01. The van der Waals surface area contributed by atoms with E-state index in [9.17, 15) is 0 Å². The van der Waals surface area contributed by atoms with Crippen molar-refractivity contribution in [3.05, 3.63) is 13.2 Å². The largest absolute Gasteiger partial charge is 0.503 e. The molecular formula is C6H4I2O3. The zero-order valence-corrected chi connectivity index (χ0v) is 9.49. The van der Waals surface area contributed by atoms with E-state index in [2.05, 4.69) is 0 Å². The molecule has 3 nitrogen and oxygen atoms in total. The topological polar surface area (TPSA) is 60.7 Å². The molecule has 0 aromatic heterocycles. The Bertz CT molecular complexity index is 272.